The first-order valence-corrected chi connectivity index (χ1v) is 6.15. The Labute approximate surface area is 113 Å². The minimum atomic E-state index is -0.902. The molecule has 0 bridgehead atoms. The van der Waals surface area contributed by atoms with Gasteiger partial charge in [0.05, 0.1) is 5.56 Å². The van der Waals surface area contributed by atoms with Crippen LogP contribution in [0.4, 0.5) is 0 Å². The maximum Gasteiger partial charge on any atom is 0.336 e. The Balaban J connectivity index is 2.35. The first-order chi connectivity index (χ1) is 9.06. The molecular weight excluding hydrogens is 236 g/mol. The van der Waals surface area contributed by atoms with E-state index in [1.165, 1.54) is 11.1 Å². The van der Waals surface area contributed by atoms with Gasteiger partial charge in [0.25, 0.3) is 0 Å². The van der Waals surface area contributed by atoms with E-state index in [0.29, 0.717) is 11.1 Å². The Hall–Kier alpha value is -2.35. The third-order valence-corrected chi connectivity index (χ3v) is 2.89. The van der Waals surface area contributed by atoms with E-state index in [0.717, 1.165) is 5.56 Å². The highest BCUT2D eigenvalue weighted by Crippen LogP contribution is 2.15. The van der Waals surface area contributed by atoms with Crippen LogP contribution in [0.1, 0.15) is 32.6 Å². The lowest BCUT2D eigenvalue weighted by Gasteiger charge is -2.02. The number of hydrogen-bond donors (Lipinski definition) is 1. The third-order valence-electron chi connectivity index (χ3n) is 2.89. The smallest absolute Gasteiger partial charge is 0.336 e. The van der Waals surface area contributed by atoms with Crippen molar-refractivity contribution in [3.05, 3.63) is 70.3 Å². The first-order valence-electron chi connectivity index (χ1n) is 6.15. The van der Waals surface area contributed by atoms with Crippen molar-refractivity contribution in [1.29, 1.82) is 0 Å². The molecule has 1 N–H and O–H groups in total. The van der Waals surface area contributed by atoms with Gasteiger partial charge in [0.1, 0.15) is 0 Å². The molecule has 0 aromatic heterocycles. The van der Waals surface area contributed by atoms with E-state index in [1.54, 1.807) is 12.1 Å². The Morgan fingerprint density at radius 3 is 2.26 bits per heavy atom. The number of benzene rings is 2. The van der Waals surface area contributed by atoms with Crippen LogP contribution in [0.25, 0.3) is 12.2 Å². The summed E-state index contributed by atoms with van der Waals surface area (Å²) in [4.78, 5) is 11.1. The van der Waals surface area contributed by atoms with Gasteiger partial charge in [-0.2, -0.15) is 0 Å². The molecule has 0 fully saturated rings. The summed E-state index contributed by atoms with van der Waals surface area (Å²) in [6, 6.07) is 13.3. The fourth-order valence-corrected chi connectivity index (χ4v) is 2.13. The molecule has 0 heterocycles. The van der Waals surface area contributed by atoms with Gasteiger partial charge < -0.3 is 5.11 Å². The number of rotatable bonds is 3. The number of aromatic carboxylic acids is 1. The molecule has 0 aliphatic carbocycles. The van der Waals surface area contributed by atoms with Crippen LogP contribution in [0, 0.1) is 13.8 Å². The molecule has 0 saturated heterocycles. The van der Waals surface area contributed by atoms with Gasteiger partial charge in [-0.3, -0.25) is 0 Å². The summed E-state index contributed by atoms with van der Waals surface area (Å²) in [6.45, 7) is 4.10. The fourth-order valence-electron chi connectivity index (χ4n) is 2.13. The number of carbonyl (C=O) groups is 1. The van der Waals surface area contributed by atoms with Crippen LogP contribution in [0.15, 0.2) is 42.5 Å². The van der Waals surface area contributed by atoms with E-state index >= 15 is 0 Å². The summed E-state index contributed by atoms with van der Waals surface area (Å²) in [5, 5.41) is 9.12. The van der Waals surface area contributed by atoms with Gasteiger partial charge in [-0.25, -0.2) is 4.79 Å². The molecule has 0 spiro atoms. The van der Waals surface area contributed by atoms with Crippen LogP contribution in [0.5, 0.6) is 0 Å². The summed E-state index contributed by atoms with van der Waals surface area (Å²) in [7, 11) is 0. The predicted molar refractivity (Wildman–Crippen MR) is 78.2 cm³/mol. The van der Waals surface area contributed by atoms with Gasteiger partial charge in [0.15, 0.2) is 0 Å². The molecule has 2 heteroatoms. The maximum absolute atomic E-state index is 11.1. The summed E-state index contributed by atoms with van der Waals surface area (Å²) in [6.07, 6.45) is 3.79. The van der Waals surface area contributed by atoms with E-state index in [2.05, 4.69) is 32.0 Å². The van der Waals surface area contributed by atoms with Gasteiger partial charge in [0.2, 0.25) is 0 Å². The SMILES string of the molecule is Cc1cc(C)cc(/C=C/c2ccccc2C(=O)O)c1. The molecule has 0 unspecified atom stereocenters. The van der Waals surface area contributed by atoms with Crippen LogP contribution < -0.4 is 0 Å². The van der Waals surface area contributed by atoms with Gasteiger partial charge in [-0.1, -0.05) is 59.7 Å². The largest absolute Gasteiger partial charge is 0.478 e. The first kappa shape index (κ1) is 13.1. The van der Waals surface area contributed by atoms with Crippen LogP contribution in [-0.4, -0.2) is 11.1 Å². The van der Waals surface area contributed by atoms with Crippen molar-refractivity contribution in [2.24, 2.45) is 0 Å². The van der Waals surface area contributed by atoms with Gasteiger partial charge in [-0.15, -0.1) is 0 Å². The van der Waals surface area contributed by atoms with Crippen molar-refractivity contribution in [2.75, 3.05) is 0 Å². The third kappa shape index (κ3) is 3.32. The molecule has 0 atom stereocenters. The zero-order valence-corrected chi connectivity index (χ0v) is 11.1. The average molecular weight is 252 g/mol. The van der Waals surface area contributed by atoms with Crippen molar-refractivity contribution in [1.82, 2.24) is 0 Å². The molecule has 2 aromatic rings. The topological polar surface area (TPSA) is 37.3 Å². The van der Waals surface area contributed by atoms with Crippen molar-refractivity contribution < 1.29 is 9.90 Å². The zero-order valence-electron chi connectivity index (χ0n) is 11.1. The Morgan fingerprint density at radius 2 is 1.63 bits per heavy atom. The van der Waals surface area contributed by atoms with Crippen molar-refractivity contribution in [3.8, 4) is 0 Å². The molecule has 2 rings (SSSR count). The van der Waals surface area contributed by atoms with Gasteiger partial charge >= 0.3 is 5.97 Å². The summed E-state index contributed by atoms with van der Waals surface area (Å²) in [5.41, 5.74) is 4.52. The second-order valence-electron chi connectivity index (χ2n) is 4.65. The van der Waals surface area contributed by atoms with Gasteiger partial charge in [0, 0.05) is 0 Å². The number of hydrogen-bond acceptors (Lipinski definition) is 1. The van der Waals surface area contributed by atoms with Crippen LogP contribution in [0.3, 0.4) is 0 Å². The molecule has 0 aliphatic heterocycles. The maximum atomic E-state index is 11.1. The molecule has 0 radical (unpaired) electrons. The quantitative estimate of drug-likeness (QED) is 0.832. The summed E-state index contributed by atoms with van der Waals surface area (Å²) >= 11 is 0. The molecule has 2 nitrogen and oxygen atoms in total. The fraction of sp³-hybridized carbons (Fsp3) is 0.118. The second-order valence-corrected chi connectivity index (χ2v) is 4.65. The highest BCUT2D eigenvalue weighted by atomic mass is 16.4. The predicted octanol–water partition coefficient (Wildman–Crippen LogP) is 4.17. The molecule has 2 aromatic carbocycles. The van der Waals surface area contributed by atoms with Crippen molar-refractivity contribution >= 4 is 18.1 Å². The Morgan fingerprint density at radius 1 is 1.00 bits per heavy atom. The highest BCUT2D eigenvalue weighted by molar-refractivity contribution is 5.93. The number of carboxylic acids is 1. The van der Waals surface area contributed by atoms with E-state index in [4.69, 9.17) is 5.11 Å². The molecular formula is C17H16O2. The summed E-state index contributed by atoms with van der Waals surface area (Å²) < 4.78 is 0. The lowest BCUT2D eigenvalue weighted by atomic mass is 10.0. The van der Waals surface area contributed by atoms with Crippen LogP contribution in [-0.2, 0) is 0 Å². The molecule has 0 amide bonds. The second kappa shape index (κ2) is 5.53. The standard InChI is InChI=1S/C17H16O2/c1-12-9-13(2)11-14(10-12)7-8-15-5-3-4-6-16(15)17(18)19/h3-11H,1-2H3,(H,18,19)/b8-7+. The minimum Gasteiger partial charge on any atom is -0.478 e. The van der Waals surface area contributed by atoms with E-state index in [9.17, 15) is 4.79 Å². The van der Waals surface area contributed by atoms with E-state index < -0.39 is 5.97 Å². The van der Waals surface area contributed by atoms with E-state index in [1.807, 2.05) is 24.3 Å². The number of carboxylic acid groups (broad SMARTS) is 1. The molecule has 96 valence electrons. The lowest BCUT2D eigenvalue weighted by molar-refractivity contribution is 0.0696. The average Bonchev–Trinajstić information content (AvgIpc) is 2.35. The zero-order chi connectivity index (χ0) is 13.8. The number of aryl methyl sites for hydroxylation is 2. The Bertz CT molecular complexity index is 619. The molecule has 19 heavy (non-hydrogen) atoms. The van der Waals surface area contributed by atoms with Gasteiger partial charge in [-0.05, 0) is 31.0 Å². The van der Waals surface area contributed by atoms with Crippen molar-refractivity contribution in [3.63, 3.8) is 0 Å². The normalized spacial score (nSPS) is 10.8. The lowest BCUT2D eigenvalue weighted by Crippen LogP contribution is -1.98. The van der Waals surface area contributed by atoms with Crippen molar-refractivity contribution in [2.45, 2.75) is 13.8 Å². The van der Waals surface area contributed by atoms with Crippen LogP contribution in [0.2, 0.25) is 0 Å². The minimum absolute atomic E-state index is 0.322. The highest BCUT2D eigenvalue weighted by Gasteiger charge is 2.05. The monoisotopic (exact) mass is 252 g/mol. The van der Waals surface area contributed by atoms with Crippen LogP contribution >= 0.6 is 0 Å². The molecule has 0 aliphatic rings. The summed E-state index contributed by atoms with van der Waals surface area (Å²) in [5.74, 6) is -0.902. The Kier molecular flexibility index (Phi) is 3.81. The molecule has 0 saturated carbocycles. The van der Waals surface area contributed by atoms with E-state index in [-0.39, 0.29) is 0 Å².